The maximum absolute atomic E-state index is 5.44. The third-order valence-electron chi connectivity index (χ3n) is 5.80. The zero-order valence-corrected chi connectivity index (χ0v) is 17.9. The van der Waals surface area contributed by atoms with E-state index in [0.29, 0.717) is 6.54 Å². The number of aryl methyl sites for hydroxylation is 1. The lowest BCUT2D eigenvalue weighted by molar-refractivity contribution is 0.573. The molecule has 0 unspecified atom stereocenters. The molecule has 0 aliphatic carbocycles. The molecule has 0 amide bonds. The number of rotatable bonds is 5. The summed E-state index contributed by atoms with van der Waals surface area (Å²) in [7, 11) is 0. The van der Waals surface area contributed by atoms with Crippen molar-refractivity contribution in [2.75, 3.05) is 23.3 Å². The topological polar surface area (TPSA) is 74.7 Å². The van der Waals surface area contributed by atoms with Gasteiger partial charge in [-0.25, -0.2) is 15.0 Å². The third-order valence-corrected chi connectivity index (χ3v) is 6.12. The Labute approximate surface area is 180 Å². The fraction of sp³-hybridized carbons (Fsp3) is 0.364. The molecular formula is C22H25N7S. The number of aromatic nitrogens is 5. The fourth-order valence-corrected chi connectivity index (χ4v) is 4.52. The molecule has 3 aromatic heterocycles. The molecule has 154 valence electrons. The van der Waals surface area contributed by atoms with E-state index in [-0.39, 0.29) is 0 Å². The van der Waals surface area contributed by atoms with Crippen LogP contribution in [0, 0.1) is 4.77 Å². The molecule has 8 heteroatoms. The minimum absolute atomic E-state index is 0.656. The van der Waals surface area contributed by atoms with E-state index in [1.807, 2.05) is 6.20 Å². The fourth-order valence-electron chi connectivity index (χ4n) is 4.18. The van der Waals surface area contributed by atoms with Crippen LogP contribution in [-0.4, -0.2) is 37.6 Å². The van der Waals surface area contributed by atoms with Crippen molar-refractivity contribution in [3.05, 3.63) is 47.1 Å². The molecule has 0 atom stereocenters. The zero-order chi connectivity index (χ0) is 20.5. The first-order valence-electron chi connectivity index (χ1n) is 10.5. The molecule has 4 aromatic rings. The summed E-state index contributed by atoms with van der Waals surface area (Å²) in [5, 5.41) is 4.43. The van der Waals surface area contributed by atoms with Crippen LogP contribution in [-0.2, 0) is 13.1 Å². The number of piperidine rings is 1. The molecule has 1 aliphatic heterocycles. The molecule has 5 rings (SSSR count). The summed E-state index contributed by atoms with van der Waals surface area (Å²) >= 11 is 5.44. The molecule has 1 aromatic carbocycles. The number of nitrogens with one attached hydrogen (secondary N) is 2. The second-order valence-corrected chi connectivity index (χ2v) is 8.10. The number of benzene rings is 1. The van der Waals surface area contributed by atoms with Crippen LogP contribution in [0.2, 0.25) is 0 Å². The van der Waals surface area contributed by atoms with E-state index in [2.05, 4.69) is 65.9 Å². The van der Waals surface area contributed by atoms with Gasteiger partial charge in [-0.3, -0.25) is 0 Å². The van der Waals surface area contributed by atoms with Gasteiger partial charge < -0.3 is 19.8 Å². The second kappa shape index (κ2) is 8.02. The van der Waals surface area contributed by atoms with Gasteiger partial charge in [-0.05, 0) is 62.2 Å². The number of hydrogen-bond acceptors (Lipinski definition) is 6. The molecule has 4 heterocycles. The summed E-state index contributed by atoms with van der Waals surface area (Å²) in [4.78, 5) is 19.3. The Morgan fingerprint density at radius 2 is 1.97 bits per heavy atom. The Morgan fingerprint density at radius 3 is 2.73 bits per heavy atom. The van der Waals surface area contributed by atoms with Gasteiger partial charge in [0, 0.05) is 37.8 Å². The summed E-state index contributed by atoms with van der Waals surface area (Å²) in [5.74, 6) is 1.88. The lowest BCUT2D eigenvalue weighted by atomic mass is 10.1. The van der Waals surface area contributed by atoms with E-state index in [9.17, 15) is 0 Å². The van der Waals surface area contributed by atoms with Crippen molar-refractivity contribution < 1.29 is 0 Å². The highest BCUT2D eigenvalue weighted by Gasteiger charge is 2.12. The quantitative estimate of drug-likeness (QED) is 0.458. The van der Waals surface area contributed by atoms with Crippen molar-refractivity contribution in [1.29, 1.82) is 0 Å². The van der Waals surface area contributed by atoms with E-state index in [1.54, 1.807) is 6.33 Å². The lowest BCUT2D eigenvalue weighted by Crippen LogP contribution is -2.30. The minimum Gasteiger partial charge on any atom is -0.365 e. The van der Waals surface area contributed by atoms with Crippen LogP contribution in [0.25, 0.3) is 21.9 Å². The van der Waals surface area contributed by atoms with Crippen LogP contribution in [0.5, 0.6) is 0 Å². The highest BCUT2D eigenvalue weighted by Crippen LogP contribution is 2.26. The van der Waals surface area contributed by atoms with Crippen LogP contribution in [0.1, 0.15) is 31.7 Å². The van der Waals surface area contributed by atoms with E-state index in [1.165, 1.54) is 19.3 Å². The normalized spacial score (nSPS) is 14.5. The minimum atomic E-state index is 0.656. The van der Waals surface area contributed by atoms with Gasteiger partial charge in [0.25, 0.3) is 0 Å². The monoisotopic (exact) mass is 419 g/mol. The number of aromatic amines is 1. The highest BCUT2D eigenvalue weighted by molar-refractivity contribution is 7.71. The second-order valence-electron chi connectivity index (χ2n) is 7.71. The van der Waals surface area contributed by atoms with Crippen molar-refractivity contribution in [3.8, 4) is 0 Å². The molecule has 7 nitrogen and oxygen atoms in total. The van der Waals surface area contributed by atoms with Crippen LogP contribution >= 0.6 is 12.2 Å². The number of pyridine rings is 1. The van der Waals surface area contributed by atoms with Gasteiger partial charge in [-0.15, -0.1) is 0 Å². The van der Waals surface area contributed by atoms with Gasteiger partial charge in [0.2, 0.25) is 0 Å². The Morgan fingerprint density at radius 1 is 1.10 bits per heavy atom. The summed E-state index contributed by atoms with van der Waals surface area (Å²) in [6.45, 7) is 5.78. The standard InChI is InChI=1S/C22H25N7S/c1-2-29-19-11-17-16(10-18(19)27-22(29)30)21(26-14-25-17)24-13-15-6-7-20(23-12-15)28-8-4-3-5-9-28/h6-7,10-12,14H,2-5,8-9,13H2,1H3,(H,27,30)(H,24,25,26). The number of hydrogen-bond donors (Lipinski definition) is 2. The average Bonchev–Trinajstić information content (AvgIpc) is 3.11. The Balaban J connectivity index is 1.38. The largest absolute Gasteiger partial charge is 0.365 e. The summed E-state index contributed by atoms with van der Waals surface area (Å²) in [6.07, 6.45) is 7.39. The number of anilines is 2. The predicted octanol–water partition coefficient (Wildman–Crippen LogP) is 4.66. The molecular weight excluding hydrogens is 394 g/mol. The van der Waals surface area contributed by atoms with Crippen LogP contribution in [0.15, 0.2) is 36.8 Å². The van der Waals surface area contributed by atoms with Gasteiger partial charge in [0.15, 0.2) is 4.77 Å². The number of nitrogens with zero attached hydrogens (tertiary/aromatic N) is 5. The number of H-pyrrole nitrogens is 1. The van der Waals surface area contributed by atoms with E-state index in [4.69, 9.17) is 12.2 Å². The number of imidazole rings is 1. The van der Waals surface area contributed by atoms with Crippen molar-refractivity contribution >= 4 is 45.8 Å². The SMILES string of the molecule is CCn1c(=S)[nH]c2cc3c(NCc4ccc(N5CCCCC5)nc4)ncnc3cc21. The van der Waals surface area contributed by atoms with Crippen LogP contribution in [0.3, 0.4) is 0 Å². The molecule has 0 bridgehead atoms. The predicted molar refractivity (Wildman–Crippen MR) is 124 cm³/mol. The van der Waals surface area contributed by atoms with Gasteiger partial charge in [0.05, 0.1) is 16.6 Å². The molecule has 1 aliphatic rings. The maximum atomic E-state index is 5.44. The van der Waals surface area contributed by atoms with E-state index in [0.717, 1.165) is 63.5 Å². The average molecular weight is 420 g/mol. The van der Waals surface area contributed by atoms with Crippen molar-refractivity contribution in [1.82, 2.24) is 24.5 Å². The molecule has 0 radical (unpaired) electrons. The molecule has 0 spiro atoms. The van der Waals surface area contributed by atoms with Crippen molar-refractivity contribution in [2.45, 2.75) is 39.3 Å². The van der Waals surface area contributed by atoms with E-state index < -0.39 is 0 Å². The first-order chi connectivity index (χ1) is 14.7. The Hall–Kier alpha value is -3.00. The van der Waals surface area contributed by atoms with Gasteiger partial charge >= 0.3 is 0 Å². The Kier molecular flexibility index (Phi) is 5.08. The maximum Gasteiger partial charge on any atom is 0.178 e. The molecule has 1 fully saturated rings. The summed E-state index contributed by atoms with van der Waals surface area (Å²) in [5.41, 5.74) is 4.09. The van der Waals surface area contributed by atoms with Gasteiger partial charge in [-0.1, -0.05) is 6.07 Å². The van der Waals surface area contributed by atoms with Crippen molar-refractivity contribution in [3.63, 3.8) is 0 Å². The lowest BCUT2D eigenvalue weighted by Gasteiger charge is -2.27. The highest BCUT2D eigenvalue weighted by atomic mass is 32.1. The first-order valence-corrected chi connectivity index (χ1v) is 10.9. The van der Waals surface area contributed by atoms with Gasteiger partial charge in [-0.2, -0.15) is 0 Å². The molecule has 0 saturated carbocycles. The van der Waals surface area contributed by atoms with Gasteiger partial charge in [0.1, 0.15) is 18.0 Å². The third kappa shape index (κ3) is 3.52. The van der Waals surface area contributed by atoms with Crippen molar-refractivity contribution in [2.24, 2.45) is 0 Å². The smallest absolute Gasteiger partial charge is 0.178 e. The van der Waals surface area contributed by atoms with Crippen LogP contribution in [0.4, 0.5) is 11.6 Å². The summed E-state index contributed by atoms with van der Waals surface area (Å²) < 4.78 is 2.81. The molecule has 2 N–H and O–H groups in total. The number of fused-ring (bicyclic) bond motifs is 2. The van der Waals surface area contributed by atoms with Crippen LogP contribution < -0.4 is 10.2 Å². The first kappa shape index (κ1) is 19.0. The zero-order valence-electron chi connectivity index (χ0n) is 17.1. The molecule has 1 saturated heterocycles. The Bertz CT molecular complexity index is 1240. The van der Waals surface area contributed by atoms with E-state index >= 15 is 0 Å². The molecule has 30 heavy (non-hydrogen) atoms. The summed E-state index contributed by atoms with van der Waals surface area (Å²) in [6, 6.07) is 8.41.